The predicted molar refractivity (Wildman–Crippen MR) is 52.7 cm³/mol. The molecule has 13 heavy (non-hydrogen) atoms. The maximum atomic E-state index is 11.5. The van der Waals surface area contributed by atoms with Gasteiger partial charge in [-0.05, 0) is 24.4 Å². The number of carbonyl (C=O) groups excluding carboxylic acids is 1. The molecule has 1 unspecified atom stereocenters. The Kier molecular flexibility index (Phi) is 2.61. The Labute approximate surface area is 81.2 Å². The maximum Gasteiger partial charge on any atom is 0.242 e. The van der Waals surface area contributed by atoms with Crippen molar-refractivity contribution < 1.29 is 4.79 Å². The minimum atomic E-state index is -0.137. The van der Waals surface area contributed by atoms with E-state index in [1.54, 1.807) is 11.3 Å². The molecule has 2 heterocycles. The van der Waals surface area contributed by atoms with Gasteiger partial charge in [0.15, 0.2) is 0 Å². The molecule has 1 atom stereocenters. The molecule has 2 N–H and O–H groups in total. The normalized spacial score (nSPS) is 23.7. The molecule has 1 fully saturated rings. The van der Waals surface area contributed by atoms with Crippen LogP contribution in [-0.2, 0) is 4.79 Å². The first-order valence-corrected chi connectivity index (χ1v) is 5.30. The predicted octanol–water partition coefficient (Wildman–Crippen LogP) is 0.899. The van der Waals surface area contributed by atoms with E-state index in [2.05, 4.69) is 10.6 Å². The van der Waals surface area contributed by atoms with Crippen molar-refractivity contribution in [3.63, 3.8) is 0 Å². The second-order valence-electron chi connectivity index (χ2n) is 3.05. The number of hydrogen-bond acceptors (Lipinski definition) is 3. The number of rotatable bonds is 1. The Morgan fingerprint density at radius 3 is 3.15 bits per heavy atom. The highest BCUT2D eigenvalue weighted by molar-refractivity contribution is 7.10. The Morgan fingerprint density at radius 1 is 1.46 bits per heavy atom. The smallest absolute Gasteiger partial charge is 0.242 e. The molecule has 0 spiro atoms. The van der Waals surface area contributed by atoms with Gasteiger partial charge in [-0.2, -0.15) is 0 Å². The monoisotopic (exact) mass is 196 g/mol. The van der Waals surface area contributed by atoms with E-state index >= 15 is 0 Å². The van der Waals surface area contributed by atoms with Gasteiger partial charge in [-0.15, -0.1) is 11.3 Å². The van der Waals surface area contributed by atoms with Crippen LogP contribution in [0, 0.1) is 0 Å². The molecule has 0 radical (unpaired) electrons. The summed E-state index contributed by atoms with van der Waals surface area (Å²) in [5.41, 5.74) is 0. The Bertz CT molecular complexity index is 284. The SMILES string of the molecule is O=C1NCCCNC1c1cccs1. The minimum absolute atomic E-state index is 0.0972. The molecule has 70 valence electrons. The van der Waals surface area contributed by atoms with Gasteiger partial charge in [-0.25, -0.2) is 0 Å². The number of amides is 1. The van der Waals surface area contributed by atoms with Crippen LogP contribution in [0.15, 0.2) is 17.5 Å². The summed E-state index contributed by atoms with van der Waals surface area (Å²) in [4.78, 5) is 12.6. The average Bonchev–Trinajstić information content (AvgIpc) is 2.56. The Balaban J connectivity index is 2.16. The highest BCUT2D eigenvalue weighted by Gasteiger charge is 2.22. The maximum absolute atomic E-state index is 11.5. The molecular formula is C9H12N2OS. The van der Waals surface area contributed by atoms with E-state index in [0.717, 1.165) is 24.4 Å². The summed E-state index contributed by atoms with van der Waals surface area (Å²) in [6, 6.07) is 3.83. The summed E-state index contributed by atoms with van der Waals surface area (Å²) in [6.45, 7) is 1.69. The topological polar surface area (TPSA) is 41.1 Å². The number of thiophene rings is 1. The molecular weight excluding hydrogens is 184 g/mol. The van der Waals surface area contributed by atoms with E-state index in [1.807, 2.05) is 17.5 Å². The van der Waals surface area contributed by atoms with E-state index in [1.165, 1.54) is 0 Å². The minimum Gasteiger partial charge on any atom is -0.354 e. The summed E-state index contributed by atoms with van der Waals surface area (Å²) in [5.74, 6) is 0.0972. The molecule has 1 saturated heterocycles. The van der Waals surface area contributed by atoms with Gasteiger partial charge in [0, 0.05) is 11.4 Å². The van der Waals surface area contributed by atoms with Crippen molar-refractivity contribution in [1.82, 2.24) is 10.6 Å². The molecule has 1 aromatic heterocycles. The lowest BCUT2D eigenvalue weighted by atomic mass is 10.2. The standard InChI is InChI=1S/C9H12N2OS/c12-9-8(7-3-1-6-13-7)10-4-2-5-11-9/h1,3,6,8,10H,2,4-5H2,(H,11,12). The van der Waals surface area contributed by atoms with Crippen LogP contribution in [-0.4, -0.2) is 19.0 Å². The van der Waals surface area contributed by atoms with Crippen LogP contribution in [0.1, 0.15) is 17.3 Å². The van der Waals surface area contributed by atoms with Crippen molar-refractivity contribution in [3.05, 3.63) is 22.4 Å². The van der Waals surface area contributed by atoms with E-state index in [4.69, 9.17) is 0 Å². The molecule has 1 aliphatic heterocycles. The lowest BCUT2D eigenvalue weighted by Crippen LogP contribution is -2.33. The van der Waals surface area contributed by atoms with Crippen LogP contribution in [0.5, 0.6) is 0 Å². The van der Waals surface area contributed by atoms with Crippen molar-refractivity contribution in [2.75, 3.05) is 13.1 Å². The molecule has 2 rings (SSSR count). The Morgan fingerprint density at radius 2 is 2.38 bits per heavy atom. The quantitative estimate of drug-likeness (QED) is 0.700. The fourth-order valence-electron chi connectivity index (χ4n) is 1.43. The molecule has 0 aromatic carbocycles. The van der Waals surface area contributed by atoms with Gasteiger partial charge in [0.25, 0.3) is 0 Å². The van der Waals surface area contributed by atoms with Gasteiger partial charge in [-0.3, -0.25) is 4.79 Å². The summed E-state index contributed by atoms with van der Waals surface area (Å²) < 4.78 is 0. The summed E-state index contributed by atoms with van der Waals surface area (Å²) >= 11 is 1.62. The van der Waals surface area contributed by atoms with Crippen molar-refractivity contribution in [2.24, 2.45) is 0 Å². The third-order valence-corrected chi connectivity index (χ3v) is 3.03. The van der Waals surface area contributed by atoms with Crippen LogP contribution in [0.25, 0.3) is 0 Å². The first-order chi connectivity index (χ1) is 6.38. The summed E-state index contributed by atoms with van der Waals surface area (Å²) in [6.07, 6.45) is 1.01. The van der Waals surface area contributed by atoms with Gasteiger partial charge < -0.3 is 10.6 Å². The fourth-order valence-corrected chi connectivity index (χ4v) is 2.22. The van der Waals surface area contributed by atoms with Crippen LogP contribution in [0.3, 0.4) is 0 Å². The zero-order chi connectivity index (χ0) is 9.10. The number of nitrogens with one attached hydrogen (secondary N) is 2. The molecule has 0 aliphatic carbocycles. The van der Waals surface area contributed by atoms with Gasteiger partial charge in [0.2, 0.25) is 5.91 Å². The highest BCUT2D eigenvalue weighted by atomic mass is 32.1. The zero-order valence-corrected chi connectivity index (χ0v) is 8.06. The lowest BCUT2D eigenvalue weighted by molar-refractivity contribution is -0.122. The lowest BCUT2D eigenvalue weighted by Gasteiger charge is -2.11. The zero-order valence-electron chi connectivity index (χ0n) is 7.25. The highest BCUT2D eigenvalue weighted by Crippen LogP contribution is 2.19. The number of carbonyl (C=O) groups is 1. The van der Waals surface area contributed by atoms with Crippen LogP contribution < -0.4 is 10.6 Å². The van der Waals surface area contributed by atoms with Gasteiger partial charge in [-0.1, -0.05) is 6.07 Å². The van der Waals surface area contributed by atoms with E-state index in [0.29, 0.717) is 0 Å². The van der Waals surface area contributed by atoms with Crippen LogP contribution in [0.4, 0.5) is 0 Å². The summed E-state index contributed by atoms with van der Waals surface area (Å²) in [7, 11) is 0. The molecule has 3 nitrogen and oxygen atoms in total. The molecule has 4 heteroatoms. The van der Waals surface area contributed by atoms with Crippen molar-refractivity contribution in [1.29, 1.82) is 0 Å². The second kappa shape index (κ2) is 3.89. The van der Waals surface area contributed by atoms with E-state index in [-0.39, 0.29) is 11.9 Å². The third-order valence-electron chi connectivity index (χ3n) is 2.09. The van der Waals surface area contributed by atoms with E-state index in [9.17, 15) is 4.79 Å². The van der Waals surface area contributed by atoms with Gasteiger partial charge in [0.1, 0.15) is 6.04 Å². The fraction of sp³-hybridized carbons (Fsp3) is 0.444. The molecule has 0 saturated carbocycles. The first kappa shape index (κ1) is 8.72. The van der Waals surface area contributed by atoms with Crippen molar-refractivity contribution in [3.8, 4) is 0 Å². The number of hydrogen-bond donors (Lipinski definition) is 2. The molecule has 1 aromatic rings. The molecule has 1 aliphatic rings. The van der Waals surface area contributed by atoms with Crippen LogP contribution >= 0.6 is 11.3 Å². The first-order valence-electron chi connectivity index (χ1n) is 4.42. The van der Waals surface area contributed by atoms with Gasteiger partial charge >= 0.3 is 0 Å². The van der Waals surface area contributed by atoms with Crippen LogP contribution in [0.2, 0.25) is 0 Å². The molecule has 1 amide bonds. The van der Waals surface area contributed by atoms with Crippen molar-refractivity contribution >= 4 is 17.2 Å². The Hall–Kier alpha value is -0.870. The third kappa shape index (κ3) is 1.89. The van der Waals surface area contributed by atoms with E-state index < -0.39 is 0 Å². The van der Waals surface area contributed by atoms with Gasteiger partial charge in [0.05, 0.1) is 0 Å². The second-order valence-corrected chi connectivity index (χ2v) is 4.03. The average molecular weight is 196 g/mol. The summed E-state index contributed by atoms with van der Waals surface area (Å²) in [5, 5.41) is 8.12. The molecule has 0 bridgehead atoms. The van der Waals surface area contributed by atoms with Crippen molar-refractivity contribution in [2.45, 2.75) is 12.5 Å². The largest absolute Gasteiger partial charge is 0.354 e.